The molecule has 1 saturated heterocycles. The molecule has 2 nitrogen and oxygen atoms in total. The van der Waals surface area contributed by atoms with Gasteiger partial charge in [-0.2, -0.15) is 0 Å². The molecule has 0 bridgehead atoms. The number of rotatable bonds is 2. The van der Waals surface area contributed by atoms with E-state index in [1.807, 2.05) is 23.1 Å². The minimum Gasteiger partial charge on any atom is -0.299 e. The topological polar surface area (TPSA) is 6.48 Å². The number of nitrogens with zero attached hydrogens (tertiary/aromatic N) is 2. The molecule has 0 aromatic heterocycles. The van der Waals surface area contributed by atoms with Gasteiger partial charge in [-0.1, -0.05) is 36.4 Å². The van der Waals surface area contributed by atoms with Crippen LogP contribution in [0.1, 0.15) is 22.7 Å². The number of likely N-dealkylation sites (tertiary alicyclic amines) is 1. The molecule has 2 aliphatic heterocycles. The molecule has 2 aromatic rings. The van der Waals surface area contributed by atoms with E-state index in [-0.39, 0.29) is 18.4 Å². The number of likely N-dealkylation sites (N-methyl/N-ethyl adjacent to an activating group) is 1. The molecule has 0 spiro atoms. The van der Waals surface area contributed by atoms with E-state index >= 15 is 0 Å². The van der Waals surface area contributed by atoms with Crippen LogP contribution in [-0.4, -0.2) is 48.4 Å². The maximum Gasteiger partial charge on any atom is 0.276 e. The Morgan fingerprint density at radius 2 is 1.76 bits per heavy atom. The molecule has 4 rings (SSSR count). The van der Waals surface area contributed by atoms with E-state index in [1.165, 1.54) is 17.7 Å². The first-order valence-corrected chi connectivity index (χ1v) is 8.61. The summed E-state index contributed by atoms with van der Waals surface area (Å²) < 4.78 is 42.6. The van der Waals surface area contributed by atoms with Gasteiger partial charge in [0.1, 0.15) is 5.82 Å². The van der Waals surface area contributed by atoms with Crippen molar-refractivity contribution in [2.75, 3.05) is 26.7 Å². The lowest BCUT2D eigenvalue weighted by Gasteiger charge is -2.42. The van der Waals surface area contributed by atoms with E-state index in [2.05, 4.69) is 6.07 Å². The summed E-state index contributed by atoms with van der Waals surface area (Å²) in [5, 5.41) is 0. The van der Waals surface area contributed by atoms with E-state index in [1.54, 1.807) is 24.1 Å². The molecule has 0 saturated carbocycles. The van der Waals surface area contributed by atoms with Gasteiger partial charge in [0.15, 0.2) is 0 Å². The fourth-order valence-corrected chi connectivity index (χ4v) is 4.24. The summed E-state index contributed by atoms with van der Waals surface area (Å²) in [6, 6.07) is 13.1. The first-order valence-electron chi connectivity index (χ1n) is 8.61. The summed E-state index contributed by atoms with van der Waals surface area (Å²) in [6.07, 6.45) is 0.754. The van der Waals surface area contributed by atoms with Crippen molar-refractivity contribution in [3.05, 3.63) is 71.0 Å². The fraction of sp³-hybridized carbons (Fsp3) is 0.400. The summed E-state index contributed by atoms with van der Waals surface area (Å²) in [5.74, 6) is -3.07. The largest absolute Gasteiger partial charge is 0.299 e. The van der Waals surface area contributed by atoms with Gasteiger partial charge in [-0.3, -0.25) is 9.80 Å². The minimum absolute atomic E-state index is 0.216. The van der Waals surface area contributed by atoms with Crippen molar-refractivity contribution in [1.82, 2.24) is 9.80 Å². The SMILES string of the molecule is CN1C[C@@H](N2CCc3ccccc3[C@@H]2c2ccc(F)cc2)C(F)(F)C1. The highest BCUT2D eigenvalue weighted by molar-refractivity contribution is 5.40. The molecule has 0 N–H and O–H groups in total. The van der Waals surface area contributed by atoms with Crippen LogP contribution < -0.4 is 0 Å². The van der Waals surface area contributed by atoms with Crippen LogP contribution in [0.15, 0.2) is 48.5 Å². The lowest BCUT2D eigenvalue weighted by molar-refractivity contribution is -0.0602. The zero-order valence-corrected chi connectivity index (χ0v) is 14.1. The van der Waals surface area contributed by atoms with Crippen molar-refractivity contribution in [3.8, 4) is 0 Å². The van der Waals surface area contributed by atoms with Crippen LogP contribution in [0.25, 0.3) is 0 Å². The molecule has 0 unspecified atom stereocenters. The number of hydrogen-bond donors (Lipinski definition) is 0. The Morgan fingerprint density at radius 3 is 2.44 bits per heavy atom. The van der Waals surface area contributed by atoms with Crippen LogP contribution in [0.5, 0.6) is 0 Å². The Hall–Kier alpha value is -1.85. The van der Waals surface area contributed by atoms with Gasteiger partial charge in [-0.15, -0.1) is 0 Å². The van der Waals surface area contributed by atoms with E-state index < -0.39 is 12.0 Å². The van der Waals surface area contributed by atoms with Crippen molar-refractivity contribution in [3.63, 3.8) is 0 Å². The third kappa shape index (κ3) is 2.96. The molecular formula is C20H21F3N2. The van der Waals surface area contributed by atoms with Crippen LogP contribution in [0.4, 0.5) is 13.2 Å². The monoisotopic (exact) mass is 346 g/mol. The highest BCUT2D eigenvalue weighted by Crippen LogP contribution is 2.41. The van der Waals surface area contributed by atoms with Gasteiger partial charge >= 0.3 is 0 Å². The molecule has 2 aliphatic rings. The maximum absolute atomic E-state index is 14.6. The Morgan fingerprint density at radius 1 is 1.04 bits per heavy atom. The molecule has 2 aromatic carbocycles. The van der Waals surface area contributed by atoms with Crippen molar-refractivity contribution in [2.45, 2.75) is 24.4 Å². The minimum atomic E-state index is -2.75. The van der Waals surface area contributed by atoms with Crippen molar-refractivity contribution < 1.29 is 13.2 Å². The Kier molecular flexibility index (Phi) is 4.08. The smallest absolute Gasteiger partial charge is 0.276 e. The van der Waals surface area contributed by atoms with Gasteiger partial charge in [0.05, 0.1) is 18.6 Å². The molecule has 2 atom stereocenters. The van der Waals surface area contributed by atoms with Crippen molar-refractivity contribution in [1.29, 1.82) is 0 Å². The third-order valence-electron chi connectivity index (χ3n) is 5.36. The normalized spacial score (nSPS) is 26.6. The van der Waals surface area contributed by atoms with E-state index in [9.17, 15) is 13.2 Å². The summed E-state index contributed by atoms with van der Waals surface area (Å²) in [5.41, 5.74) is 3.09. The lowest BCUT2D eigenvalue weighted by Crippen LogP contribution is -2.51. The molecule has 2 heterocycles. The van der Waals surface area contributed by atoms with Gasteiger partial charge in [-0.05, 0) is 42.3 Å². The first kappa shape index (κ1) is 16.6. The fourth-order valence-electron chi connectivity index (χ4n) is 4.24. The van der Waals surface area contributed by atoms with Crippen molar-refractivity contribution in [2.24, 2.45) is 0 Å². The van der Waals surface area contributed by atoms with Crippen molar-refractivity contribution >= 4 is 0 Å². The Balaban J connectivity index is 1.79. The second-order valence-electron chi connectivity index (χ2n) is 7.11. The van der Waals surface area contributed by atoms with Crippen LogP contribution >= 0.6 is 0 Å². The Labute approximate surface area is 145 Å². The van der Waals surface area contributed by atoms with Gasteiger partial charge in [0.2, 0.25) is 0 Å². The predicted octanol–water partition coefficient (Wildman–Crippen LogP) is 3.72. The zero-order chi connectivity index (χ0) is 17.6. The zero-order valence-electron chi connectivity index (χ0n) is 14.1. The van der Waals surface area contributed by atoms with Crippen LogP contribution in [0.2, 0.25) is 0 Å². The maximum atomic E-state index is 14.6. The summed E-state index contributed by atoms with van der Waals surface area (Å²) in [6.45, 7) is 0.700. The highest BCUT2D eigenvalue weighted by atomic mass is 19.3. The number of alkyl halides is 2. The molecule has 0 amide bonds. The lowest BCUT2D eigenvalue weighted by atomic mass is 9.86. The molecule has 0 radical (unpaired) electrons. The molecule has 1 fully saturated rings. The summed E-state index contributed by atoms with van der Waals surface area (Å²) in [7, 11) is 1.73. The number of benzene rings is 2. The van der Waals surface area contributed by atoms with Gasteiger partial charge in [0.25, 0.3) is 5.92 Å². The number of fused-ring (bicyclic) bond motifs is 1. The average molecular weight is 346 g/mol. The molecule has 25 heavy (non-hydrogen) atoms. The third-order valence-corrected chi connectivity index (χ3v) is 5.36. The standard InChI is InChI=1S/C20H21F3N2/c1-24-12-18(20(22,23)13-24)25-11-10-14-4-2-3-5-17(14)19(25)15-6-8-16(21)9-7-15/h2-9,18-19H,10-13H2,1H3/t18-,19+/m1/s1. The van der Waals surface area contributed by atoms with E-state index in [4.69, 9.17) is 0 Å². The molecule has 0 aliphatic carbocycles. The molecular weight excluding hydrogens is 325 g/mol. The predicted molar refractivity (Wildman–Crippen MR) is 91.3 cm³/mol. The molecule has 132 valence electrons. The van der Waals surface area contributed by atoms with Crippen LogP contribution in [-0.2, 0) is 6.42 Å². The average Bonchev–Trinajstić information content (AvgIpc) is 2.87. The summed E-state index contributed by atoms with van der Waals surface area (Å²) >= 11 is 0. The van der Waals surface area contributed by atoms with E-state index in [0.717, 1.165) is 17.5 Å². The molecule has 5 heteroatoms. The quantitative estimate of drug-likeness (QED) is 0.818. The first-order chi connectivity index (χ1) is 12.0. The summed E-state index contributed by atoms with van der Waals surface area (Å²) in [4.78, 5) is 3.60. The highest BCUT2D eigenvalue weighted by Gasteiger charge is 2.52. The van der Waals surface area contributed by atoms with Gasteiger partial charge in [0, 0.05) is 13.1 Å². The van der Waals surface area contributed by atoms with Gasteiger partial charge in [-0.25, -0.2) is 13.2 Å². The van der Waals surface area contributed by atoms with Crippen LogP contribution in [0.3, 0.4) is 0 Å². The van der Waals surface area contributed by atoms with Crippen LogP contribution in [0, 0.1) is 5.82 Å². The number of hydrogen-bond acceptors (Lipinski definition) is 2. The second kappa shape index (κ2) is 6.15. The van der Waals surface area contributed by atoms with Gasteiger partial charge < -0.3 is 0 Å². The Bertz CT molecular complexity index is 760. The second-order valence-corrected chi connectivity index (χ2v) is 7.11. The number of halogens is 3. The van der Waals surface area contributed by atoms with E-state index in [0.29, 0.717) is 13.1 Å².